The fourth-order valence-corrected chi connectivity index (χ4v) is 5.89. The zero-order valence-corrected chi connectivity index (χ0v) is 24.4. The Balaban J connectivity index is 1.86. The molecule has 2 heterocycles. The smallest absolute Gasteiger partial charge is 0.262 e. The van der Waals surface area contributed by atoms with Crippen LogP contribution in [0.2, 0.25) is 0 Å². The molecule has 0 aliphatic carbocycles. The van der Waals surface area contributed by atoms with Crippen LogP contribution in [0.25, 0.3) is 10.2 Å². The van der Waals surface area contributed by atoms with Crippen LogP contribution in [0.4, 0.5) is 0 Å². The van der Waals surface area contributed by atoms with Gasteiger partial charge in [0.1, 0.15) is 10.7 Å². The molecule has 0 unspecified atom stereocenters. The van der Waals surface area contributed by atoms with Gasteiger partial charge in [-0.05, 0) is 72.3 Å². The van der Waals surface area contributed by atoms with E-state index in [0.717, 1.165) is 13.8 Å². The van der Waals surface area contributed by atoms with Crippen molar-refractivity contribution in [1.82, 2.24) is 19.4 Å². The second-order valence-electron chi connectivity index (χ2n) is 8.85. The van der Waals surface area contributed by atoms with Crippen LogP contribution in [0.5, 0.6) is 0 Å². The first kappa shape index (κ1) is 26.7. The predicted molar refractivity (Wildman–Crippen MR) is 154 cm³/mol. The molecule has 4 aromatic rings. The van der Waals surface area contributed by atoms with Crippen LogP contribution in [0.1, 0.15) is 41.1 Å². The number of aromatic nitrogens is 2. The van der Waals surface area contributed by atoms with Crippen molar-refractivity contribution in [3.05, 3.63) is 96.2 Å². The van der Waals surface area contributed by atoms with Crippen molar-refractivity contribution in [2.45, 2.75) is 25.9 Å². The highest BCUT2D eigenvalue weighted by Gasteiger charge is 2.29. The van der Waals surface area contributed by atoms with Gasteiger partial charge in [-0.15, -0.1) is 11.3 Å². The monoisotopic (exact) mass is 630 g/mol. The molecule has 0 saturated heterocycles. The molecule has 2 aromatic carbocycles. The lowest BCUT2D eigenvalue weighted by Gasteiger charge is -2.33. The van der Waals surface area contributed by atoms with E-state index in [2.05, 4.69) is 36.8 Å². The molecule has 188 valence electrons. The molecule has 0 aliphatic heterocycles. The van der Waals surface area contributed by atoms with Gasteiger partial charge in [-0.25, -0.2) is 4.98 Å². The van der Waals surface area contributed by atoms with Crippen LogP contribution in [0.15, 0.2) is 73.7 Å². The minimum atomic E-state index is -0.372. The molecule has 0 radical (unpaired) electrons. The summed E-state index contributed by atoms with van der Waals surface area (Å²) in [5, 5.41) is 0.584. The van der Waals surface area contributed by atoms with Crippen LogP contribution in [-0.2, 0) is 6.54 Å². The number of fused-ring (bicyclic) bond motifs is 1. The SMILES string of the molecule is CC[C@H](c1nc2sc(Br)cc2c(=O)n1Cc1ccccc1)N(CCN(C)C)C(=O)c1ccc(Br)cc1. The van der Waals surface area contributed by atoms with Crippen LogP contribution in [0, 0.1) is 0 Å². The van der Waals surface area contributed by atoms with Crippen molar-refractivity contribution < 1.29 is 4.79 Å². The molecular formula is C27H28Br2N4O2S. The van der Waals surface area contributed by atoms with Crippen molar-refractivity contribution in [2.75, 3.05) is 27.2 Å². The Morgan fingerprint density at radius 1 is 1.06 bits per heavy atom. The van der Waals surface area contributed by atoms with Gasteiger partial charge in [0.2, 0.25) is 0 Å². The van der Waals surface area contributed by atoms with E-state index in [4.69, 9.17) is 4.98 Å². The minimum absolute atomic E-state index is 0.0795. The lowest BCUT2D eigenvalue weighted by Crippen LogP contribution is -2.42. The fraction of sp³-hybridized carbons (Fsp3) is 0.296. The summed E-state index contributed by atoms with van der Waals surface area (Å²) < 4.78 is 3.51. The Labute approximate surface area is 231 Å². The highest BCUT2D eigenvalue weighted by Crippen LogP contribution is 2.31. The third-order valence-corrected chi connectivity index (χ3v) is 8.10. The van der Waals surface area contributed by atoms with Gasteiger partial charge < -0.3 is 9.80 Å². The lowest BCUT2D eigenvalue weighted by molar-refractivity contribution is 0.0642. The standard InChI is InChI=1S/C27H28Br2N4O2S/c1-4-22(32(15-14-31(2)3)26(34)19-10-12-20(28)13-11-19)24-30-25-21(16-23(29)36-25)27(35)33(24)17-18-8-6-5-7-9-18/h5-13,16,22H,4,14-15,17H2,1-3H3/t22-/m1/s1. The number of thiophene rings is 1. The highest BCUT2D eigenvalue weighted by molar-refractivity contribution is 9.11. The quantitative estimate of drug-likeness (QED) is 0.221. The average molecular weight is 632 g/mol. The van der Waals surface area contributed by atoms with Gasteiger partial charge in [0.15, 0.2) is 0 Å². The summed E-state index contributed by atoms with van der Waals surface area (Å²) >= 11 is 8.40. The molecule has 0 bridgehead atoms. The molecule has 2 aromatic heterocycles. The van der Waals surface area contributed by atoms with Gasteiger partial charge in [0, 0.05) is 23.1 Å². The Bertz CT molecular complexity index is 1400. The summed E-state index contributed by atoms with van der Waals surface area (Å²) in [7, 11) is 3.98. The number of nitrogens with zero attached hydrogens (tertiary/aromatic N) is 4. The number of carbonyl (C=O) groups is 1. The summed E-state index contributed by atoms with van der Waals surface area (Å²) in [5.41, 5.74) is 1.51. The van der Waals surface area contributed by atoms with Crippen LogP contribution >= 0.6 is 43.2 Å². The average Bonchev–Trinajstić information content (AvgIpc) is 3.24. The zero-order chi connectivity index (χ0) is 25.8. The van der Waals surface area contributed by atoms with Crippen molar-refractivity contribution in [2.24, 2.45) is 0 Å². The normalized spacial score (nSPS) is 12.3. The number of rotatable bonds is 9. The van der Waals surface area contributed by atoms with E-state index in [1.165, 1.54) is 11.3 Å². The Morgan fingerprint density at radius 2 is 1.75 bits per heavy atom. The van der Waals surface area contributed by atoms with E-state index < -0.39 is 0 Å². The summed E-state index contributed by atoms with van der Waals surface area (Å²) in [5.74, 6) is 0.529. The summed E-state index contributed by atoms with van der Waals surface area (Å²) in [6.07, 6.45) is 0.620. The first-order valence-electron chi connectivity index (χ1n) is 11.7. The van der Waals surface area contributed by atoms with Gasteiger partial charge in [-0.2, -0.15) is 0 Å². The van der Waals surface area contributed by atoms with Gasteiger partial charge >= 0.3 is 0 Å². The topological polar surface area (TPSA) is 58.4 Å². The number of likely N-dealkylation sites (N-methyl/N-ethyl adjacent to an activating group) is 1. The molecule has 0 aliphatic rings. The number of hydrogen-bond acceptors (Lipinski definition) is 5. The Hall–Kier alpha value is -2.33. The third-order valence-electron chi connectivity index (χ3n) is 6.04. The number of hydrogen-bond donors (Lipinski definition) is 0. The van der Waals surface area contributed by atoms with Gasteiger partial charge in [-0.1, -0.05) is 53.2 Å². The maximum absolute atomic E-state index is 13.8. The molecule has 4 rings (SSSR count). The highest BCUT2D eigenvalue weighted by atomic mass is 79.9. The number of carbonyl (C=O) groups excluding carboxylic acids is 1. The van der Waals surface area contributed by atoms with E-state index in [1.807, 2.05) is 86.6 Å². The summed E-state index contributed by atoms with van der Waals surface area (Å²) in [4.78, 5) is 37.2. The lowest BCUT2D eigenvalue weighted by atomic mass is 10.1. The third kappa shape index (κ3) is 5.96. The second kappa shape index (κ2) is 11.8. The number of amides is 1. The second-order valence-corrected chi connectivity index (χ2v) is 12.2. The van der Waals surface area contributed by atoms with E-state index >= 15 is 0 Å². The maximum atomic E-state index is 13.8. The fourth-order valence-electron chi connectivity index (χ4n) is 4.18. The molecule has 0 fully saturated rings. The van der Waals surface area contributed by atoms with Crippen molar-refractivity contribution in [3.8, 4) is 0 Å². The van der Waals surface area contributed by atoms with E-state index in [0.29, 0.717) is 47.7 Å². The first-order chi connectivity index (χ1) is 17.3. The van der Waals surface area contributed by atoms with Crippen LogP contribution in [-0.4, -0.2) is 52.4 Å². The summed E-state index contributed by atoms with van der Waals surface area (Å²) in [6, 6.07) is 18.7. The largest absolute Gasteiger partial charge is 0.327 e. The molecule has 0 spiro atoms. The zero-order valence-electron chi connectivity index (χ0n) is 20.4. The van der Waals surface area contributed by atoms with Crippen LogP contribution < -0.4 is 5.56 Å². The van der Waals surface area contributed by atoms with Gasteiger partial charge in [0.05, 0.1) is 21.8 Å². The Kier molecular flexibility index (Phi) is 8.77. The van der Waals surface area contributed by atoms with E-state index in [1.54, 1.807) is 4.57 Å². The number of halogens is 2. The predicted octanol–water partition coefficient (Wildman–Crippen LogP) is 6.19. The first-order valence-corrected chi connectivity index (χ1v) is 14.1. The van der Waals surface area contributed by atoms with Gasteiger partial charge in [-0.3, -0.25) is 14.2 Å². The molecule has 1 atom stereocenters. The minimum Gasteiger partial charge on any atom is -0.327 e. The number of benzene rings is 2. The molecule has 6 nitrogen and oxygen atoms in total. The van der Waals surface area contributed by atoms with Crippen molar-refractivity contribution in [1.29, 1.82) is 0 Å². The molecular weight excluding hydrogens is 604 g/mol. The Morgan fingerprint density at radius 3 is 2.39 bits per heavy atom. The maximum Gasteiger partial charge on any atom is 0.262 e. The van der Waals surface area contributed by atoms with Crippen LogP contribution in [0.3, 0.4) is 0 Å². The van der Waals surface area contributed by atoms with E-state index in [9.17, 15) is 9.59 Å². The van der Waals surface area contributed by atoms with Crippen molar-refractivity contribution >= 4 is 59.3 Å². The summed E-state index contributed by atoms with van der Waals surface area (Å²) in [6.45, 7) is 3.62. The van der Waals surface area contributed by atoms with Crippen molar-refractivity contribution in [3.63, 3.8) is 0 Å². The van der Waals surface area contributed by atoms with Gasteiger partial charge in [0.25, 0.3) is 11.5 Å². The molecule has 0 N–H and O–H groups in total. The molecule has 36 heavy (non-hydrogen) atoms. The van der Waals surface area contributed by atoms with E-state index in [-0.39, 0.29) is 17.5 Å². The molecule has 1 amide bonds. The molecule has 9 heteroatoms. The molecule has 0 saturated carbocycles.